The van der Waals surface area contributed by atoms with Gasteiger partial charge in [-0.1, -0.05) is 68.4 Å². The number of aromatic amines is 1. The van der Waals surface area contributed by atoms with Gasteiger partial charge in [0, 0.05) is 31.2 Å². The third-order valence-electron chi connectivity index (χ3n) is 6.38. The van der Waals surface area contributed by atoms with Crippen molar-refractivity contribution in [1.82, 2.24) is 25.2 Å². The summed E-state index contributed by atoms with van der Waals surface area (Å²) in [6, 6.07) is 20.7. The van der Waals surface area contributed by atoms with Gasteiger partial charge in [-0.05, 0) is 42.8 Å². The van der Waals surface area contributed by atoms with Crippen molar-refractivity contribution in [3.05, 3.63) is 78.1 Å². The molecule has 1 atom stereocenters. The van der Waals surface area contributed by atoms with Gasteiger partial charge in [0.05, 0.1) is 5.39 Å². The first-order valence-corrected chi connectivity index (χ1v) is 12.3. The molecular formula is C28H34N6O. The Hall–Kier alpha value is -3.71. The fourth-order valence-electron chi connectivity index (χ4n) is 4.13. The number of nitrogens with zero attached hydrogens (tertiary/aromatic N) is 3. The fraction of sp³-hybridized carbons (Fsp3) is 0.321. The van der Waals surface area contributed by atoms with E-state index < -0.39 is 0 Å². The summed E-state index contributed by atoms with van der Waals surface area (Å²) in [6.45, 7) is 9.61. The number of benzene rings is 2. The predicted octanol–water partition coefficient (Wildman–Crippen LogP) is 5.15. The van der Waals surface area contributed by atoms with Crippen LogP contribution in [0.25, 0.3) is 22.3 Å². The van der Waals surface area contributed by atoms with Crippen molar-refractivity contribution in [3.63, 3.8) is 0 Å². The van der Waals surface area contributed by atoms with Gasteiger partial charge in [0.15, 0.2) is 0 Å². The number of nitrogens with one attached hydrogen (secondary N) is 3. The number of hydrogen-bond donors (Lipinski definition) is 3. The molecule has 0 bridgehead atoms. The molecule has 4 aromatic rings. The molecule has 0 fully saturated rings. The number of H-pyrrole nitrogens is 1. The molecule has 0 saturated carbocycles. The maximum Gasteiger partial charge on any atom is 0.221 e. The molecule has 2 heterocycles. The van der Waals surface area contributed by atoms with Gasteiger partial charge in [-0.3, -0.25) is 4.79 Å². The fourth-order valence-corrected chi connectivity index (χ4v) is 4.13. The number of aromatic nitrogens is 3. The second-order valence-corrected chi connectivity index (χ2v) is 8.69. The van der Waals surface area contributed by atoms with Crippen molar-refractivity contribution in [1.29, 1.82) is 0 Å². The molecule has 0 aliphatic carbocycles. The summed E-state index contributed by atoms with van der Waals surface area (Å²) < 4.78 is 0. The van der Waals surface area contributed by atoms with E-state index >= 15 is 0 Å². The molecule has 4 rings (SSSR count). The van der Waals surface area contributed by atoms with Gasteiger partial charge < -0.3 is 20.5 Å². The minimum atomic E-state index is 0.0833. The molecule has 2 aromatic carbocycles. The normalized spacial score (nSPS) is 12.1. The molecule has 0 saturated heterocycles. The quantitative estimate of drug-likeness (QED) is 0.282. The number of carbonyl (C=O) groups is 1. The summed E-state index contributed by atoms with van der Waals surface area (Å²) in [5.41, 5.74) is 5.10. The molecule has 3 N–H and O–H groups in total. The van der Waals surface area contributed by atoms with E-state index in [0.717, 1.165) is 53.3 Å². The highest BCUT2D eigenvalue weighted by molar-refractivity contribution is 5.91. The van der Waals surface area contributed by atoms with E-state index in [4.69, 9.17) is 0 Å². The highest BCUT2D eigenvalue weighted by atomic mass is 16.1. The second kappa shape index (κ2) is 11.6. The topological polar surface area (TPSA) is 85.9 Å². The Morgan fingerprint density at radius 2 is 1.77 bits per heavy atom. The van der Waals surface area contributed by atoms with E-state index in [1.807, 2.05) is 30.3 Å². The summed E-state index contributed by atoms with van der Waals surface area (Å²) in [6.07, 6.45) is 2.10. The Morgan fingerprint density at radius 1 is 1.03 bits per heavy atom. The number of anilines is 1. The molecule has 0 aliphatic rings. The predicted molar refractivity (Wildman–Crippen MR) is 142 cm³/mol. The summed E-state index contributed by atoms with van der Waals surface area (Å²) in [4.78, 5) is 26.7. The number of hydrogen-bond acceptors (Lipinski definition) is 5. The van der Waals surface area contributed by atoms with Crippen LogP contribution in [0.5, 0.6) is 0 Å². The maximum atomic E-state index is 12.2. The highest BCUT2D eigenvalue weighted by Crippen LogP contribution is 2.29. The van der Waals surface area contributed by atoms with E-state index in [-0.39, 0.29) is 11.9 Å². The van der Waals surface area contributed by atoms with Crippen LogP contribution in [-0.2, 0) is 11.3 Å². The Morgan fingerprint density at radius 3 is 2.49 bits per heavy atom. The lowest BCUT2D eigenvalue weighted by Gasteiger charge is -2.17. The van der Waals surface area contributed by atoms with Gasteiger partial charge in [0.1, 0.15) is 17.8 Å². The van der Waals surface area contributed by atoms with E-state index in [1.54, 1.807) is 6.33 Å². The van der Waals surface area contributed by atoms with Crippen molar-refractivity contribution in [2.45, 2.75) is 39.8 Å². The summed E-state index contributed by atoms with van der Waals surface area (Å²) in [5.74, 6) is 0.887. The van der Waals surface area contributed by atoms with E-state index in [0.29, 0.717) is 13.0 Å². The van der Waals surface area contributed by atoms with Crippen LogP contribution in [0.15, 0.2) is 67.0 Å². The molecule has 0 unspecified atom stereocenters. The summed E-state index contributed by atoms with van der Waals surface area (Å²) in [5, 5.41) is 7.49. The minimum absolute atomic E-state index is 0.0833. The zero-order valence-corrected chi connectivity index (χ0v) is 20.7. The molecule has 0 aliphatic heterocycles. The van der Waals surface area contributed by atoms with Crippen LogP contribution in [0.3, 0.4) is 0 Å². The van der Waals surface area contributed by atoms with E-state index in [1.165, 1.54) is 5.56 Å². The van der Waals surface area contributed by atoms with Crippen molar-refractivity contribution in [3.8, 4) is 11.3 Å². The molecule has 35 heavy (non-hydrogen) atoms. The molecule has 1 amide bonds. The minimum Gasteiger partial charge on any atom is -0.363 e. The van der Waals surface area contributed by atoms with Gasteiger partial charge in [-0.25, -0.2) is 9.97 Å². The average molecular weight is 471 g/mol. The van der Waals surface area contributed by atoms with Gasteiger partial charge >= 0.3 is 0 Å². The molecule has 0 radical (unpaired) electrons. The van der Waals surface area contributed by atoms with Crippen LogP contribution in [-0.4, -0.2) is 45.4 Å². The van der Waals surface area contributed by atoms with Gasteiger partial charge in [0.25, 0.3) is 0 Å². The molecule has 7 heteroatoms. The first-order valence-electron chi connectivity index (χ1n) is 12.3. The Balaban J connectivity index is 1.40. The summed E-state index contributed by atoms with van der Waals surface area (Å²) in [7, 11) is 0. The van der Waals surface area contributed by atoms with Crippen LogP contribution >= 0.6 is 0 Å². The van der Waals surface area contributed by atoms with E-state index in [9.17, 15) is 4.79 Å². The van der Waals surface area contributed by atoms with Crippen LogP contribution in [0.4, 0.5) is 5.82 Å². The third-order valence-corrected chi connectivity index (χ3v) is 6.38. The van der Waals surface area contributed by atoms with Crippen LogP contribution in [0.2, 0.25) is 0 Å². The second-order valence-electron chi connectivity index (χ2n) is 8.69. The molecule has 0 spiro atoms. The molecule has 182 valence electrons. The maximum absolute atomic E-state index is 12.2. The Bertz CT molecular complexity index is 1230. The number of fused-ring (bicyclic) bond motifs is 1. The van der Waals surface area contributed by atoms with Crippen LogP contribution < -0.4 is 10.6 Å². The average Bonchev–Trinajstić information content (AvgIpc) is 3.34. The lowest BCUT2D eigenvalue weighted by atomic mass is 10.1. The lowest BCUT2D eigenvalue weighted by Crippen LogP contribution is -2.30. The van der Waals surface area contributed by atoms with Crippen LogP contribution in [0.1, 0.15) is 44.4 Å². The third kappa shape index (κ3) is 6.25. The Labute approximate surface area is 207 Å². The van der Waals surface area contributed by atoms with Crippen molar-refractivity contribution in [2.75, 3.05) is 25.0 Å². The van der Waals surface area contributed by atoms with E-state index in [2.05, 4.69) is 81.6 Å². The highest BCUT2D eigenvalue weighted by Gasteiger charge is 2.13. The SMILES string of the molecule is CCN(CC)CCC(=O)NCc1ccc(-c2cc3c(N[C@H](C)c4ccccc4)ncnc3[nH]2)cc1. The summed E-state index contributed by atoms with van der Waals surface area (Å²) >= 11 is 0. The van der Waals surface area contributed by atoms with Crippen molar-refractivity contribution in [2.24, 2.45) is 0 Å². The lowest BCUT2D eigenvalue weighted by molar-refractivity contribution is -0.121. The van der Waals surface area contributed by atoms with Crippen LogP contribution in [0, 0.1) is 0 Å². The zero-order valence-electron chi connectivity index (χ0n) is 20.7. The first kappa shape index (κ1) is 24.4. The molecular weight excluding hydrogens is 436 g/mol. The van der Waals surface area contributed by atoms with Crippen molar-refractivity contribution >= 4 is 22.8 Å². The van der Waals surface area contributed by atoms with Gasteiger partial charge in [0.2, 0.25) is 5.91 Å². The van der Waals surface area contributed by atoms with Crippen molar-refractivity contribution < 1.29 is 4.79 Å². The number of rotatable bonds is 11. The van der Waals surface area contributed by atoms with Gasteiger partial charge in [-0.15, -0.1) is 0 Å². The number of amides is 1. The van der Waals surface area contributed by atoms with Gasteiger partial charge in [-0.2, -0.15) is 0 Å². The largest absolute Gasteiger partial charge is 0.363 e. The molecule has 2 aromatic heterocycles. The monoisotopic (exact) mass is 470 g/mol. The standard InChI is InChI=1S/C28H34N6O/c1-4-34(5-2)16-15-26(35)29-18-21-11-13-23(14-12-21)25-17-24-27(30-19-31-28(24)33-25)32-20(3)22-9-7-6-8-10-22/h6-14,17,19-20H,4-5,15-16,18H2,1-3H3,(H,29,35)(H2,30,31,32,33)/t20-/m1/s1. The smallest absolute Gasteiger partial charge is 0.221 e. The Kier molecular flexibility index (Phi) is 8.11. The molecule has 7 nitrogen and oxygen atoms in total. The number of carbonyl (C=O) groups excluding carboxylic acids is 1. The zero-order chi connectivity index (χ0) is 24.6. The first-order chi connectivity index (χ1) is 17.1.